The molecule has 7 heteroatoms. The lowest BCUT2D eigenvalue weighted by atomic mass is 10.1. The van der Waals surface area contributed by atoms with Crippen LogP contribution in [0.3, 0.4) is 0 Å². The summed E-state index contributed by atoms with van der Waals surface area (Å²) in [6.45, 7) is 3.15. The third-order valence-electron chi connectivity index (χ3n) is 4.22. The van der Waals surface area contributed by atoms with Crippen molar-refractivity contribution in [2.24, 2.45) is 4.99 Å². The Bertz CT molecular complexity index is 822. The van der Waals surface area contributed by atoms with Gasteiger partial charge in [0.25, 0.3) is 5.91 Å². The molecule has 0 fully saturated rings. The number of ether oxygens (including phenoxy) is 1. The van der Waals surface area contributed by atoms with Gasteiger partial charge in [0.2, 0.25) is 0 Å². The maximum absolute atomic E-state index is 13.0. The molecule has 0 aliphatic carbocycles. The Morgan fingerprint density at radius 2 is 1.90 bits per heavy atom. The predicted molar refractivity (Wildman–Crippen MR) is 114 cm³/mol. The summed E-state index contributed by atoms with van der Waals surface area (Å²) in [5, 5.41) is 6.47. The lowest BCUT2D eigenvalue weighted by Crippen LogP contribution is -2.42. The van der Waals surface area contributed by atoms with E-state index in [1.807, 2.05) is 31.2 Å². The van der Waals surface area contributed by atoms with E-state index in [9.17, 15) is 9.18 Å². The highest BCUT2D eigenvalue weighted by atomic mass is 19.1. The first-order valence-corrected chi connectivity index (χ1v) is 9.56. The smallest absolute Gasteiger partial charge is 0.253 e. The molecule has 2 aromatic rings. The van der Waals surface area contributed by atoms with Crippen molar-refractivity contribution in [1.29, 1.82) is 0 Å². The van der Waals surface area contributed by atoms with Gasteiger partial charge < -0.3 is 20.3 Å². The van der Waals surface area contributed by atoms with Crippen LogP contribution in [-0.4, -0.2) is 57.1 Å². The lowest BCUT2D eigenvalue weighted by Gasteiger charge is -2.18. The molecule has 2 aromatic carbocycles. The van der Waals surface area contributed by atoms with E-state index in [2.05, 4.69) is 15.6 Å². The first-order valence-electron chi connectivity index (χ1n) is 9.56. The van der Waals surface area contributed by atoms with Gasteiger partial charge in [0.15, 0.2) is 5.96 Å². The predicted octanol–water partition coefficient (Wildman–Crippen LogP) is 2.70. The standard InChI is InChI=1S/C22H29FN4O2/c1-16(29-20-10-8-19(23)9-11-20)15-26-22(24-2)25-13-12-17-6-5-7-18(14-17)21(28)27(3)4/h5-11,14,16H,12-13,15H2,1-4H3,(H2,24,25,26). The number of hydrogen-bond donors (Lipinski definition) is 2. The summed E-state index contributed by atoms with van der Waals surface area (Å²) in [7, 11) is 5.19. The number of rotatable bonds is 8. The molecule has 0 spiro atoms. The topological polar surface area (TPSA) is 66.0 Å². The van der Waals surface area contributed by atoms with Gasteiger partial charge in [-0.05, 0) is 55.3 Å². The van der Waals surface area contributed by atoms with Crippen molar-refractivity contribution in [3.8, 4) is 5.75 Å². The molecule has 6 nitrogen and oxygen atoms in total. The molecular weight excluding hydrogens is 371 g/mol. The van der Waals surface area contributed by atoms with Crippen LogP contribution in [0.25, 0.3) is 0 Å². The van der Waals surface area contributed by atoms with Crippen LogP contribution < -0.4 is 15.4 Å². The average Bonchev–Trinajstić information content (AvgIpc) is 2.71. The maximum atomic E-state index is 13.0. The number of carbonyl (C=O) groups excluding carboxylic acids is 1. The van der Waals surface area contributed by atoms with Crippen LogP contribution in [0, 0.1) is 5.82 Å². The second-order valence-electron chi connectivity index (χ2n) is 6.91. The zero-order valence-electron chi connectivity index (χ0n) is 17.4. The van der Waals surface area contributed by atoms with Crippen LogP contribution >= 0.6 is 0 Å². The van der Waals surface area contributed by atoms with Crippen molar-refractivity contribution < 1.29 is 13.9 Å². The summed E-state index contributed by atoms with van der Waals surface area (Å²) in [4.78, 5) is 17.8. The van der Waals surface area contributed by atoms with E-state index in [-0.39, 0.29) is 17.8 Å². The molecule has 156 valence electrons. The maximum Gasteiger partial charge on any atom is 0.253 e. The molecule has 29 heavy (non-hydrogen) atoms. The quantitative estimate of drug-likeness (QED) is 0.528. The van der Waals surface area contributed by atoms with Gasteiger partial charge in [-0.15, -0.1) is 0 Å². The van der Waals surface area contributed by atoms with Crippen LogP contribution in [0.15, 0.2) is 53.5 Å². The number of carbonyl (C=O) groups is 1. The van der Waals surface area contributed by atoms with Gasteiger partial charge >= 0.3 is 0 Å². The minimum Gasteiger partial charge on any atom is -0.489 e. The van der Waals surface area contributed by atoms with Crippen LogP contribution in [0.5, 0.6) is 5.75 Å². The number of halogens is 1. The van der Waals surface area contributed by atoms with Gasteiger partial charge in [0, 0.05) is 33.3 Å². The van der Waals surface area contributed by atoms with E-state index in [0.29, 0.717) is 30.4 Å². The zero-order valence-corrected chi connectivity index (χ0v) is 17.4. The highest BCUT2D eigenvalue weighted by Crippen LogP contribution is 2.12. The van der Waals surface area contributed by atoms with Crippen molar-refractivity contribution in [3.05, 3.63) is 65.5 Å². The Balaban J connectivity index is 1.77. The van der Waals surface area contributed by atoms with E-state index in [4.69, 9.17) is 4.74 Å². The number of nitrogens with zero attached hydrogens (tertiary/aromatic N) is 2. The molecule has 2 rings (SSSR count). The number of guanidine groups is 1. The summed E-state index contributed by atoms with van der Waals surface area (Å²) in [6, 6.07) is 13.6. The largest absolute Gasteiger partial charge is 0.489 e. The van der Waals surface area contributed by atoms with Crippen molar-refractivity contribution in [2.75, 3.05) is 34.2 Å². The van der Waals surface area contributed by atoms with Crippen LogP contribution in [-0.2, 0) is 6.42 Å². The summed E-state index contributed by atoms with van der Waals surface area (Å²) < 4.78 is 18.7. The third kappa shape index (κ3) is 7.44. The number of amides is 1. The van der Waals surface area contributed by atoms with E-state index in [0.717, 1.165) is 12.0 Å². The fourth-order valence-corrected chi connectivity index (χ4v) is 2.69. The highest BCUT2D eigenvalue weighted by Gasteiger charge is 2.09. The summed E-state index contributed by atoms with van der Waals surface area (Å²) in [6.07, 6.45) is 0.643. The number of benzene rings is 2. The van der Waals surface area contributed by atoms with Gasteiger partial charge in [-0.1, -0.05) is 12.1 Å². The second-order valence-corrected chi connectivity index (χ2v) is 6.91. The molecule has 0 bridgehead atoms. The first kappa shape index (κ1) is 22.2. The van der Waals surface area contributed by atoms with Gasteiger partial charge in [-0.2, -0.15) is 0 Å². The molecule has 1 atom stereocenters. The summed E-state index contributed by atoms with van der Waals surface area (Å²) in [5.74, 6) is 0.993. The fourth-order valence-electron chi connectivity index (χ4n) is 2.69. The molecule has 0 aliphatic heterocycles. The Kier molecular flexibility index (Phi) is 8.45. The van der Waals surface area contributed by atoms with Crippen molar-refractivity contribution >= 4 is 11.9 Å². The minimum atomic E-state index is -0.288. The SMILES string of the molecule is CN=C(NCCc1cccc(C(=O)N(C)C)c1)NCC(C)Oc1ccc(F)cc1. The van der Waals surface area contributed by atoms with Crippen molar-refractivity contribution in [1.82, 2.24) is 15.5 Å². The number of nitrogens with one attached hydrogen (secondary N) is 2. The van der Waals surface area contributed by atoms with Crippen molar-refractivity contribution in [2.45, 2.75) is 19.4 Å². The molecule has 0 saturated heterocycles. The third-order valence-corrected chi connectivity index (χ3v) is 4.22. The first-order chi connectivity index (χ1) is 13.9. The monoisotopic (exact) mass is 400 g/mol. The van der Waals surface area contributed by atoms with Gasteiger partial charge in [0.05, 0.1) is 6.54 Å². The Hall–Kier alpha value is -3.09. The Labute approximate surface area is 171 Å². The van der Waals surface area contributed by atoms with Crippen LogP contribution in [0.1, 0.15) is 22.8 Å². The second kappa shape index (κ2) is 11.0. The summed E-state index contributed by atoms with van der Waals surface area (Å²) >= 11 is 0. The Morgan fingerprint density at radius 3 is 2.55 bits per heavy atom. The molecule has 0 aromatic heterocycles. The van der Waals surface area contributed by atoms with Gasteiger partial charge in [-0.3, -0.25) is 9.79 Å². The number of aliphatic imine (C=N–C) groups is 1. The van der Waals surface area contributed by atoms with Crippen LogP contribution in [0.4, 0.5) is 4.39 Å². The normalized spacial score (nSPS) is 12.2. The van der Waals surface area contributed by atoms with E-state index in [1.165, 1.54) is 12.1 Å². The molecule has 0 radical (unpaired) electrons. The highest BCUT2D eigenvalue weighted by molar-refractivity contribution is 5.94. The van der Waals surface area contributed by atoms with E-state index >= 15 is 0 Å². The molecule has 0 heterocycles. The van der Waals surface area contributed by atoms with Crippen molar-refractivity contribution in [3.63, 3.8) is 0 Å². The molecule has 0 saturated carbocycles. The molecule has 1 unspecified atom stereocenters. The van der Waals surface area contributed by atoms with E-state index < -0.39 is 0 Å². The molecular formula is C22H29FN4O2. The molecule has 2 N–H and O–H groups in total. The van der Waals surface area contributed by atoms with Crippen LogP contribution in [0.2, 0.25) is 0 Å². The number of hydrogen-bond acceptors (Lipinski definition) is 3. The average molecular weight is 400 g/mol. The van der Waals surface area contributed by atoms with E-state index in [1.54, 1.807) is 38.2 Å². The Morgan fingerprint density at radius 1 is 1.17 bits per heavy atom. The van der Waals surface area contributed by atoms with Gasteiger partial charge in [0.1, 0.15) is 17.7 Å². The fraction of sp³-hybridized carbons (Fsp3) is 0.364. The van der Waals surface area contributed by atoms with Gasteiger partial charge in [-0.25, -0.2) is 4.39 Å². The summed E-state index contributed by atoms with van der Waals surface area (Å²) in [5.41, 5.74) is 1.76. The zero-order chi connectivity index (χ0) is 21.2. The minimum absolute atomic E-state index is 0.00701. The molecule has 0 aliphatic rings. The molecule has 1 amide bonds. The lowest BCUT2D eigenvalue weighted by molar-refractivity contribution is 0.0827.